The molecule has 100 valence electrons. The molecule has 0 bridgehead atoms. The summed E-state index contributed by atoms with van der Waals surface area (Å²) in [6, 6.07) is 7.55. The minimum Gasteiger partial charge on any atom is -0.477 e. The van der Waals surface area contributed by atoms with Gasteiger partial charge in [0.1, 0.15) is 5.69 Å². The van der Waals surface area contributed by atoms with Crippen molar-refractivity contribution < 1.29 is 14.7 Å². The van der Waals surface area contributed by atoms with E-state index in [2.05, 4.69) is 9.97 Å². The third kappa shape index (κ3) is 1.60. The van der Waals surface area contributed by atoms with Gasteiger partial charge in [-0.3, -0.25) is 4.79 Å². The molecule has 0 fully saturated rings. The number of fused-ring (bicyclic) bond motifs is 3. The molecule has 2 heterocycles. The molecule has 0 aliphatic rings. The number of aromatic amines is 1. The first-order valence-electron chi connectivity index (χ1n) is 6.16. The van der Waals surface area contributed by atoms with Gasteiger partial charge in [-0.15, -0.1) is 0 Å². The maximum absolute atomic E-state index is 11.7. The second-order valence-electron chi connectivity index (χ2n) is 4.72. The van der Waals surface area contributed by atoms with E-state index in [-0.39, 0.29) is 17.2 Å². The molecule has 2 aromatic heterocycles. The number of rotatable bonds is 2. The number of aryl methyl sites for hydroxylation is 1. The smallest absolute Gasteiger partial charge is 0.354 e. The number of ketones is 1. The Morgan fingerprint density at radius 2 is 1.90 bits per heavy atom. The summed E-state index contributed by atoms with van der Waals surface area (Å²) in [7, 11) is 0. The Balaban J connectivity index is 2.60. The van der Waals surface area contributed by atoms with Crippen molar-refractivity contribution in [3.63, 3.8) is 0 Å². The van der Waals surface area contributed by atoms with Crippen molar-refractivity contribution in [3.8, 4) is 0 Å². The normalized spacial score (nSPS) is 11.1. The van der Waals surface area contributed by atoms with Crippen molar-refractivity contribution in [1.29, 1.82) is 0 Å². The summed E-state index contributed by atoms with van der Waals surface area (Å²) in [5.41, 5.74) is 2.11. The fourth-order valence-corrected chi connectivity index (χ4v) is 2.54. The predicted octanol–water partition coefficient (Wildman–Crippen LogP) is 2.93. The number of hydrogen-bond acceptors (Lipinski definition) is 3. The van der Waals surface area contributed by atoms with Crippen LogP contribution in [0.5, 0.6) is 0 Å². The average Bonchev–Trinajstić information content (AvgIpc) is 2.77. The zero-order chi connectivity index (χ0) is 14.4. The third-order valence-corrected chi connectivity index (χ3v) is 3.43. The molecule has 0 aliphatic carbocycles. The molecule has 1 aromatic carbocycles. The highest BCUT2D eigenvalue weighted by Gasteiger charge is 2.21. The highest BCUT2D eigenvalue weighted by atomic mass is 16.4. The summed E-state index contributed by atoms with van der Waals surface area (Å²) >= 11 is 0. The summed E-state index contributed by atoms with van der Waals surface area (Å²) in [5, 5.41) is 10.9. The van der Waals surface area contributed by atoms with Crippen molar-refractivity contribution >= 4 is 33.6 Å². The molecule has 5 nitrogen and oxygen atoms in total. The van der Waals surface area contributed by atoms with Gasteiger partial charge < -0.3 is 10.1 Å². The molecule has 0 aliphatic heterocycles. The van der Waals surface area contributed by atoms with Crippen LogP contribution in [0.3, 0.4) is 0 Å². The maximum atomic E-state index is 11.7. The first-order valence-corrected chi connectivity index (χ1v) is 6.16. The van der Waals surface area contributed by atoms with Crippen LogP contribution >= 0.6 is 0 Å². The van der Waals surface area contributed by atoms with Gasteiger partial charge in [0.05, 0.1) is 5.52 Å². The number of nitrogens with zero attached hydrogens (tertiary/aromatic N) is 1. The van der Waals surface area contributed by atoms with Gasteiger partial charge in [0, 0.05) is 23.2 Å². The van der Waals surface area contributed by atoms with Crippen LogP contribution in [0, 0.1) is 6.92 Å². The number of Topliss-reactive ketones (excluding diaryl/α,β-unsaturated/α-hetero) is 1. The number of hydrogen-bond donors (Lipinski definition) is 2. The lowest BCUT2D eigenvalue weighted by molar-refractivity contribution is 0.0690. The maximum Gasteiger partial charge on any atom is 0.354 e. The Morgan fingerprint density at radius 3 is 2.55 bits per heavy atom. The summed E-state index contributed by atoms with van der Waals surface area (Å²) < 4.78 is 0. The van der Waals surface area contributed by atoms with Gasteiger partial charge >= 0.3 is 5.97 Å². The standard InChI is InChI=1S/C15H12N2O3/c1-7-11-9-5-3-4-6-10(9)16-14(11)13(8(2)18)17-12(7)15(19)20/h3-6,16H,1-2H3,(H,19,20). The largest absolute Gasteiger partial charge is 0.477 e. The fourth-order valence-electron chi connectivity index (χ4n) is 2.54. The van der Waals surface area contributed by atoms with E-state index in [1.165, 1.54) is 6.92 Å². The van der Waals surface area contributed by atoms with Gasteiger partial charge in [-0.1, -0.05) is 18.2 Å². The molecule has 0 saturated heterocycles. The predicted molar refractivity (Wildman–Crippen MR) is 75.3 cm³/mol. The average molecular weight is 268 g/mol. The van der Waals surface area contributed by atoms with E-state index in [4.69, 9.17) is 0 Å². The number of pyridine rings is 1. The number of H-pyrrole nitrogens is 1. The van der Waals surface area contributed by atoms with Crippen molar-refractivity contribution in [2.24, 2.45) is 0 Å². The zero-order valence-electron chi connectivity index (χ0n) is 11.0. The van der Waals surface area contributed by atoms with E-state index < -0.39 is 5.97 Å². The second-order valence-corrected chi connectivity index (χ2v) is 4.72. The van der Waals surface area contributed by atoms with E-state index in [0.717, 1.165) is 16.3 Å². The van der Waals surface area contributed by atoms with E-state index in [1.807, 2.05) is 24.3 Å². The lowest BCUT2D eigenvalue weighted by atomic mass is 10.0. The van der Waals surface area contributed by atoms with Crippen molar-refractivity contribution in [3.05, 3.63) is 41.2 Å². The number of carboxylic acid groups (broad SMARTS) is 1. The Labute approximate surface area is 114 Å². The molecule has 0 radical (unpaired) electrons. The number of benzene rings is 1. The highest BCUT2D eigenvalue weighted by Crippen LogP contribution is 2.31. The van der Waals surface area contributed by atoms with Crippen molar-refractivity contribution in [1.82, 2.24) is 9.97 Å². The first-order chi connectivity index (χ1) is 9.50. The van der Waals surface area contributed by atoms with Crippen LogP contribution in [0.2, 0.25) is 0 Å². The van der Waals surface area contributed by atoms with Gasteiger partial charge in [-0.2, -0.15) is 0 Å². The van der Waals surface area contributed by atoms with Crippen LogP contribution in [-0.2, 0) is 0 Å². The van der Waals surface area contributed by atoms with Crippen LogP contribution in [0.25, 0.3) is 21.8 Å². The molecular weight excluding hydrogens is 256 g/mol. The summed E-state index contributed by atoms with van der Waals surface area (Å²) in [5.74, 6) is -1.39. The molecule has 2 N–H and O–H groups in total. The van der Waals surface area contributed by atoms with Gasteiger partial charge in [0.25, 0.3) is 0 Å². The lowest BCUT2D eigenvalue weighted by Gasteiger charge is -2.06. The second kappa shape index (κ2) is 4.16. The lowest BCUT2D eigenvalue weighted by Crippen LogP contribution is -2.09. The molecule has 5 heteroatoms. The molecule has 0 atom stereocenters. The summed E-state index contributed by atoms with van der Waals surface area (Å²) in [6.45, 7) is 3.09. The molecule has 20 heavy (non-hydrogen) atoms. The van der Waals surface area contributed by atoms with Crippen LogP contribution < -0.4 is 0 Å². The first kappa shape index (κ1) is 12.3. The minimum atomic E-state index is -1.13. The molecule has 3 aromatic rings. The Morgan fingerprint density at radius 1 is 1.20 bits per heavy atom. The van der Waals surface area contributed by atoms with Gasteiger partial charge in [-0.25, -0.2) is 9.78 Å². The minimum absolute atomic E-state index is 0.0764. The van der Waals surface area contributed by atoms with Crippen LogP contribution in [0.15, 0.2) is 24.3 Å². The SMILES string of the molecule is CC(=O)c1nc(C(=O)O)c(C)c2c1[nH]c1ccccc12. The van der Waals surface area contributed by atoms with E-state index >= 15 is 0 Å². The number of aromatic carboxylic acids is 1. The van der Waals surface area contributed by atoms with Crippen LogP contribution in [0.4, 0.5) is 0 Å². The third-order valence-electron chi connectivity index (χ3n) is 3.43. The zero-order valence-corrected chi connectivity index (χ0v) is 11.0. The summed E-state index contributed by atoms with van der Waals surface area (Å²) in [6.07, 6.45) is 0. The number of carboxylic acids is 1. The Bertz CT molecular complexity index is 878. The number of para-hydroxylation sites is 1. The number of nitrogens with one attached hydrogen (secondary N) is 1. The number of carbonyl (C=O) groups is 2. The van der Waals surface area contributed by atoms with E-state index in [1.54, 1.807) is 6.92 Å². The Kier molecular flexibility index (Phi) is 2.57. The molecule has 3 rings (SSSR count). The van der Waals surface area contributed by atoms with Crippen molar-refractivity contribution in [2.75, 3.05) is 0 Å². The van der Waals surface area contributed by atoms with E-state index in [9.17, 15) is 14.7 Å². The van der Waals surface area contributed by atoms with Crippen LogP contribution in [-0.4, -0.2) is 26.8 Å². The van der Waals surface area contributed by atoms with Crippen molar-refractivity contribution in [2.45, 2.75) is 13.8 Å². The number of aromatic nitrogens is 2. The molecule has 0 saturated carbocycles. The van der Waals surface area contributed by atoms with Gasteiger partial charge in [0.2, 0.25) is 0 Å². The summed E-state index contributed by atoms with van der Waals surface area (Å²) in [4.78, 5) is 30.2. The number of carbonyl (C=O) groups excluding carboxylic acids is 1. The van der Waals surface area contributed by atoms with Gasteiger partial charge in [0.15, 0.2) is 11.5 Å². The van der Waals surface area contributed by atoms with Gasteiger partial charge in [-0.05, 0) is 18.6 Å². The van der Waals surface area contributed by atoms with Crippen LogP contribution in [0.1, 0.15) is 33.5 Å². The molecule has 0 unspecified atom stereocenters. The monoisotopic (exact) mass is 268 g/mol. The molecular formula is C15H12N2O3. The topological polar surface area (TPSA) is 83.1 Å². The molecule has 0 spiro atoms. The quantitative estimate of drug-likeness (QED) is 0.700. The fraction of sp³-hybridized carbons (Fsp3) is 0.133. The molecule has 0 amide bonds. The highest BCUT2D eigenvalue weighted by molar-refractivity contribution is 6.16. The van der Waals surface area contributed by atoms with E-state index in [0.29, 0.717) is 11.1 Å². The Hall–Kier alpha value is -2.69.